The van der Waals surface area contributed by atoms with Crippen LogP contribution in [-0.4, -0.2) is 88.9 Å². The van der Waals surface area contributed by atoms with Crippen LogP contribution in [0.1, 0.15) is 73.5 Å². The molecule has 55 heavy (non-hydrogen) atoms. The molecule has 0 unspecified atom stereocenters. The summed E-state index contributed by atoms with van der Waals surface area (Å²) in [5.74, 6) is -0.579. The molecule has 8 rings (SSSR count). The number of aliphatic hydroxyl groups is 1. The lowest BCUT2D eigenvalue weighted by atomic mass is 9.89. The molecule has 14 heteroatoms. The fraction of sp³-hybridized carbons (Fsp3) is 0.366. The second kappa shape index (κ2) is 15.0. The van der Waals surface area contributed by atoms with Gasteiger partial charge >= 0.3 is 0 Å². The molecule has 2 amide bonds. The number of aryl methyl sites for hydroxylation is 1. The number of likely N-dealkylation sites (tertiary alicyclic amines) is 2. The number of aromatic nitrogens is 5. The number of carbonyl (C=O) groups excluding carboxylic acids is 2. The zero-order valence-corrected chi connectivity index (χ0v) is 32.0. The van der Waals surface area contributed by atoms with Crippen LogP contribution in [0.3, 0.4) is 0 Å². The number of aromatic hydroxyl groups is 1. The number of aromatic amines is 1. The maximum Gasteiger partial charge on any atom is 0.243 e. The Morgan fingerprint density at radius 1 is 1.04 bits per heavy atom. The maximum absolute atomic E-state index is 14.2. The van der Waals surface area contributed by atoms with Gasteiger partial charge in [-0.2, -0.15) is 0 Å². The molecule has 6 aromatic rings. The molecule has 0 bridgehead atoms. The number of β-amino-alcohol motifs (C(OH)–C–C–N with tert-alkyl or cyclic N) is 1. The number of nitrogens with one attached hydrogen (secondary N) is 2. The van der Waals surface area contributed by atoms with E-state index in [0.717, 1.165) is 51.6 Å². The van der Waals surface area contributed by atoms with Gasteiger partial charge in [-0.25, -0.2) is 4.98 Å². The summed E-state index contributed by atoms with van der Waals surface area (Å²) in [5.41, 5.74) is 8.55. The largest absolute Gasteiger partial charge is 0.507 e. The van der Waals surface area contributed by atoms with Gasteiger partial charge in [0.25, 0.3) is 0 Å². The highest BCUT2D eigenvalue weighted by Crippen LogP contribution is 2.36. The van der Waals surface area contributed by atoms with Gasteiger partial charge in [0, 0.05) is 61.2 Å². The van der Waals surface area contributed by atoms with Crippen molar-refractivity contribution in [2.24, 2.45) is 5.92 Å². The molecule has 4 N–H and O–H groups in total. The summed E-state index contributed by atoms with van der Waals surface area (Å²) in [4.78, 5) is 40.5. The number of phenolic OH excluding ortho intramolecular Hbond substituents is 1. The lowest BCUT2D eigenvalue weighted by Gasteiger charge is -2.37. The first-order chi connectivity index (χ1) is 26.5. The second-order valence-corrected chi connectivity index (χ2v) is 16.0. The van der Waals surface area contributed by atoms with Crippen LogP contribution in [0.5, 0.6) is 5.75 Å². The number of thiazole rings is 1. The van der Waals surface area contributed by atoms with Gasteiger partial charge in [-0.1, -0.05) is 55.4 Å². The molecule has 2 aliphatic heterocycles. The van der Waals surface area contributed by atoms with Gasteiger partial charge in [0.15, 0.2) is 5.65 Å². The van der Waals surface area contributed by atoms with E-state index in [4.69, 9.17) is 4.52 Å². The van der Waals surface area contributed by atoms with Crippen LogP contribution in [0, 0.1) is 12.8 Å². The number of fused-ring (bicyclic) bond motifs is 1. The highest BCUT2D eigenvalue weighted by molar-refractivity contribution is 7.13. The van der Waals surface area contributed by atoms with E-state index in [0.29, 0.717) is 29.2 Å². The van der Waals surface area contributed by atoms with Gasteiger partial charge in [0.1, 0.15) is 23.5 Å². The first kappa shape index (κ1) is 36.5. The van der Waals surface area contributed by atoms with Gasteiger partial charge in [-0.3, -0.25) is 14.5 Å². The quantitative estimate of drug-likeness (QED) is 0.124. The molecule has 284 valence electrons. The fourth-order valence-corrected chi connectivity index (χ4v) is 8.59. The number of para-hydroxylation sites is 1. The van der Waals surface area contributed by atoms with E-state index < -0.39 is 18.1 Å². The third kappa shape index (κ3) is 7.36. The molecule has 13 nitrogen and oxygen atoms in total. The molecular weight excluding hydrogens is 717 g/mol. The molecule has 0 radical (unpaired) electrons. The second-order valence-electron chi connectivity index (χ2n) is 15.1. The summed E-state index contributed by atoms with van der Waals surface area (Å²) in [7, 11) is 0. The lowest BCUT2D eigenvalue weighted by molar-refractivity contribution is -0.141. The van der Waals surface area contributed by atoms with Crippen LogP contribution < -0.4 is 5.32 Å². The zero-order chi connectivity index (χ0) is 38.4. The normalized spacial score (nSPS) is 18.8. The van der Waals surface area contributed by atoms with Gasteiger partial charge < -0.3 is 29.9 Å². The first-order valence-electron chi connectivity index (χ1n) is 18.6. The van der Waals surface area contributed by atoms with Crippen molar-refractivity contribution in [1.82, 2.24) is 40.4 Å². The number of nitrogens with zero attached hydrogens (tertiary/aromatic N) is 6. The summed E-state index contributed by atoms with van der Waals surface area (Å²) < 4.78 is 5.84. The predicted molar refractivity (Wildman–Crippen MR) is 208 cm³/mol. The molecule has 0 saturated carbocycles. The van der Waals surface area contributed by atoms with Gasteiger partial charge in [-0.05, 0) is 55.2 Å². The van der Waals surface area contributed by atoms with Gasteiger partial charge in [0.05, 0.1) is 39.6 Å². The van der Waals surface area contributed by atoms with Crippen molar-refractivity contribution in [2.75, 3.05) is 19.6 Å². The van der Waals surface area contributed by atoms with E-state index in [1.54, 1.807) is 23.5 Å². The van der Waals surface area contributed by atoms with Crippen molar-refractivity contribution in [2.45, 2.75) is 70.7 Å². The van der Waals surface area contributed by atoms with Gasteiger partial charge in [0.2, 0.25) is 11.8 Å². The highest BCUT2D eigenvalue weighted by atomic mass is 32.1. The number of carbonyl (C=O) groups is 2. The molecule has 2 fully saturated rings. The summed E-state index contributed by atoms with van der Waals surface area (Å²) >= 11 is 1.59. The summed E-state index contributed by atoms with van der Waals surface area (Å²) in [6.45, 7) is 10.1. The first-order valence-corrected chi connectivity index (χ1v) is 19.5. The molecule has 6 heterocycles. The van der Waals surface area contributed by atoms with E-state index in [-0.39, 0.29) is 48.4 Å². The zero-order valence-electron chi connectivity index (χ0n) is 31.1. The van der Waals surface area contributed by atoms with E-state index in [2.05, 4.69) is 41.6 Å². The monoisotopic (exact) mass is 760 g/mol. The minimum atomic E-state index is -0.806. The molecule has 2 aliphatic rings. The number of phenols is 1. The van der Waals surface area contributed by atoms with Crippen molar-refractivity contribution in [3.63, 3.8) is 0 Å². The molecule has 0 aliphatic carbocycles. The lowest BCUT2D eigenvalue weighted by Crippen LogP contribution is -2.48. The van der Waals surface area contributed by atoms with E-state index in [1.165, 1.54) is 4.90 Å². The smallest absolute Gasteiger partial charge is 0.243 e. The molecule has 0 spiro atoms. The predicted octanol–water partition coefficient (Wildman–Crippen LogP) is 5.93. The summed E-state index contributed by atoms with van der Waals surface area (Å²) in [5, 5.41) is 37.9. The molecule has 4 atom stereocenters. The minimum absolute atomic E-state index is 0.0748. The molecule has 2 saturated heterocycles. The maximum atomic E-state index is 14.2. The van der Waals surface area contributed by atoms with Crippen LogP contribution in [0.2, 0.25) is 0 Å². The Bertz CT molecular complexity index is 2330. The van der Waals surface area contributed by atoms with Crippen molar-refractivity contribution in [3.8, 4) is 27.4 Å². The van der Waals surface area contributed by atoms with Crippen LogP contribution in [0.4, 0.5) is 0 Å². The Labute approximate surface area is 322 Å². The van der Waals surface area contributed by atoms with Gasteiger partial charge in [-0.15, -0.1) is 21.5 Å². The summed E-state index contributed by atoms with van der Waals surface area (Å²) in [6.07, 6.45) is -0.640. The van der Waals surface area contributed by atoms with E-state index in [1.807, 2.05) is 81.7 Å². The number of hydrogen-bond acceptors (Lipinski definition) is 11. The Hall–Kier alpha value is -5.44. The Morgan fingerprint density at radius 2 is 1.82 bits per heavy atom. The van der Waals surface area contributed by atoms with E-state index in [9.17, 15) is 19.8 Å². The highest BCUT2D eigenvalue weighted by Gasteiger charge is 2.44. The molecule has 2 aromatic carbocycles. The Balaban J connectivity index is 0.891. The minimum Gasteiger partial charge on any atom is -0.507 e. The topological polar surface area (TPSA) is 174 Å². The Kier molecular flexibility index (Phi) is 9.97. The number of rotatable bonds is 11. The van der Waals surface area contributed by atoms with Crippen LogP contribution in [-0.2, 0) is 16.1 Å². The third-order valence-corrected chi connectivity index (χ3v) is 11.8. The van der Waals surface area contributed by atoms with Crippen molar-refractivity contribution >= 4 is 34.2 Å². The van der Waals surface area contributed by atoms with Crippen LogP contribution >= 0.6 is 11.3 Å². The van der Waals surface area contributed by atoms with E-state index >= 15 is 0 Å². The standard InChI is InChI=1S/C41H44N8O5S/c1-22(2)37(41(53)49-20-30(50)15-34(49)40(52)43-23(3)25-9-11-26(12-10-25)38-24(4)42-21-55-38)36-16-32(47-54-36)28-17-48(18-28)19-29-13-27-14-33(45-46-39(27)44-29)31-7-5-6-8-35(31)51/h5-14,16,21-23,28,30,34,37,50-51H,15,17-20H2,1-4H3,(H,43,52)(H,44,46)/t23-,30+,34-,37+/m0/s1. The SMILES string of the molecule is Cc1ncsc1-c1ccc([C@H](C)NC(=O)[C@@H]2C[C@@H](O)CN2C(=O)[C@@H](c2cc(C3CN(Cc4cc5cc(-c6ccccc6O)nnc5[nH]4)C3)no2)C(C)C)cc1. The average Bonchev–Trinajstić information content (AvgIpc) is 3.96. The van der Waals surface area contributed by atoms with Crippen molar-refractivity contribution in [1.29, 1.82) is 0 Å². The van der Waals surface area contributed by atoms with Crippen LogP contribution in [0.25, 0.3) is 32.7 Å². The number of hydrogen-bond donors (Lipinski definition) is 4. The fourth-order valence-electron chi connectivity index (χ4n) is 7.78. The number of amides is 2. The number of H-pyrrole nitrogens is 1. The number of benzene rings is 2. The molecule has 4 aromatic heterocycles. The molecular formula is C41H44N8O5S. The third-order valence-electron chi connectivity index (χ3n) is 10.8. The van der Waals surface area contributed by atoms with Crippen LogP contribution in [0.15, 0.2) is 76.8 Å². The Morgan fingerprint density at radius 3 is 2.55 bits per heavy atom. The average molecular weight is 761 g/mol. The number of aliphatic hydroxyl groups excluding tert-OH is 1. The van der Waals surface area contributed by atoms with Crippen molar-refractivity contribution < 1.29 is 24.3 Å². The van der Waals surface area contributed by atoms with Crippen molar-refractivity contribution in [3.05, 3.63) is 101 Å². The summed E-state index contributed by atoms with van der Waals surface area (Å²) in [6, 6.07) is 19.9.